The summed E-state index contributed by atoms with van der Waals surface area (Å²) in [6.45, 7) is 5.29. The first-order chi connectivity index (χ1) is 8.36. The Balaban J connectivity index is 1.57. The molecule has 0 aromatic rings. The van der Waals surface area contributed by atoms with Gasteiger partial charge in [0, 0.05) is 25.3 Å². The Morgan fingerprint density at radius 1 is 1.18 bits per heavy atom. The molecule has 2 aliphatic heterocycles. The van der Waals surface area contributed by atoms with Crippen molar-refractivity contribution < 1.29 is 14.2 Å². The van der Waals surface area contributed by atoms with Gasteiger partial charge in [0.15, 0.2) is 6.29 Å². The number of rotatable bonds is 5. The normalized spacial score (nSPS) is 25.9. The maximum Gasteiger partial charge on any atom is 0.158 e. The molecule has 2 fully saturated rings. The maximum absolute atomic E-state index is 5.51. The van der Waals surface area contributed by atoms with E-state index in [2.05, 4.69) is 17.5 Å². The topological polar surface area (TPSA) is 30.9 Å². The van der Waals surface area contributed by atoms with E-state index < -0.39 is 0 Å². The summed E-state index contributed by atoms with van der Waals surface area (Å²) in [4.78, 5) is 2.35. The Kier molecular flexibility index (Phi) is 6.46. The van der Waals surface area contributed by atoms with Crippen molar-refractivity contribution in [3.05, 3.63) is 0 Å². The van der Waals surface area contributed by atoms with Gasteiger partial charge in [-0.05, 0) is 6.42 Å². The van der Waals surface area contributed by atoms with Crippen LogP contribution >= 0.6 is 24.4 Å². The summed E-state index contributed by atoms with van der Waals surface area (Å²) in [5.74, 6) is 1.02. The molecular weight excluding hydrogens is 258 g/mol. The summed E-state index contributed by atoms with van der Waals surface area (Å²) in [6, 6.07) is 0. The summed E-state index contributed by atoms with van der Waals surface area (Å²) in [5, 5.41) is 0. The van der Waals surface area contributed by atoms with Gasteiger partial charge in [-0.3, -0.25) is 4.90 Å². The summed E-state index contributed by atoms with van der Waals surface area (Å²) >= 11 is 6.47. The van der Waals surface area contributed by atoms with Gasteiger partial charge in [0.2, 0.25) is 0 Å². The molecule has 17 heavy (non-hydrogen) atoms. The second-order valence-corrected chi connectivity index (χ2v) is 6.19. The van der Waals surface area contributed by atoms with Crippen LogP contribution in [0.15, 0.2) is 0 Å². The highest BCUT2D eigenvalue weighted by Crippen LogP contribution is 2.22. The lowest BCUT2D eigenvalue weighted by atomic mass is 10.4. The molecule has 0 N–H and O–H groups in total. The zero-order chi connectivity index (χ0) is 11.9. The van der Waals surface area contributed by atoms with Crippen molar-refractivity contribution >= 4 is 24.4 Å². The number of ether oxygens (including phenoxy) is 3. The van der Waals surface area contributed by atoms with Crippen molar-refractivity contribution in [2.24, 2.45) is 0 Å². The Morgan fingerprint density at radius 3 is 2.59 bits per heavy atom. The summed E-state index contributed by atoms with van der Waals surface area (Å²) in [6.07, 6.45) is 1.97. The molecule has 0 aromatic carbocycles. The van der Waals surface area contributed by atoms with E-state index in [1.54, 1.807) is 0 Å². The molecule has 0 aromatic heterocycles. The SMILES string of the molecule is SC(SCCC1OCCCO1)N1CCOCC1. The van der Waals surface area contributed by atoms with E-state index in [-0.39, 0.29) is 11.0 Å². The van der Waals surface area contributed by atoms with Gasteiger partial charge in [-0.15, -0.1) is 24.4 Å². The number of hydrogen-bond donors (Lipinski definition) is 1. The quantitative estimate of drug-likeness (QED) is 0.607. The highest BCUT2D eigenvalue weighted by Gasteiger charge is 2.19. The average molecular weight is 279 g/mol. The molecule has 2 heterocycles. The Morgan fingerprint density at radius 2 is 1.88 bits per heavy atom. The molecule has 0 amide bonds. The van der Waals surface area contributed by atoms with Gasteiger partial charge >= 0.3 is 0 Å². The zero-order valence-corrected chi connectivity index (χ0v) is 11.8. The van der Waals surface area contributed by atoms with Crippen molar-refractivity contribution in [1.82, 2.24) is 4.90 Å². The fraction of sp³-hybridized carbons (Fsp3) is 1.00. The van der Waals surface area contributed by atoms with E-state index in [0.29, 0.717) is 0 Å². The minimum absolute atomic E-state index is 0.00136. The molecule has 1 atom stereocenters. The van der Waals surface area contributed by atoms with Crippen molar-refractivity contribution in [1.29, 1.82) is 0 Å². The average Bonchev–Trinajstić information content (AvgIpc) is 2.41. The monoisotopic (exact) mass is 279 g/mol. The fourth-order valence-corrected chi connectivity index (χ4v) is 3.38. The lowest BCUT2D eigenvalue weighted by Crippen LogP contribution is -2.40. The number of morpholine rings is 1. The minimum atomic E-state index is 0.00136. The van der Waals surface area contributed by atoms with Gasteiger partial charge in [0.05, 0.1) is 31.1 Å². The minimum Gasteiger partial charge on any atom is -0.379 e. The molecule has 0 bridgehead atoms. The summed E-state index contributed by atoms with van der Waals surface area (Å²) < 4.78 is 16.6. The second kappa shape index (κ2) is 7.86. The van der Waals surface area contributed by atoms with Crippen LogP contribution < -0.4 is 0 Å². The lowest BCUT2D eigenvalue weighted by molar-refractivity contribution is -0.178. The summed E-state index contributed by atoms with van der Waals surface area (Å²) in [5.41, 5.74) is 0. The number of nitrogens with zero attached hydrogens (tertiary/aromatic N) is 1. The first-order valence-corrected chi connectivity index (χ1v) is 7.77. The molecule has 2 rings (SSSR count). The van der Waals surface area contributed by atoms with Crippen LogP contribution in [0.3, 0.4) is 0 Å². The fourth-order valence-electron chi connectivity index (χ4n) is 1.88. The molecule has 2 aliphatic rings. The van der Waals surface area contributed by atoms with Gasteiger partial charge in [-0.1, -0.05) is 0 Å². The standard InChI is InChI=1S/C11H21NO3S2/c16-11(12-3-7-13-8-4-12)17-9-2-10-14-5-1-6-15-10/h10-11,16H,1-9H2. The predicted molar refractivity (Wildman–Crippen MR) is 72.6 cm³/mol. The van der Waals surface area contributed by atoms with Gasteiger partial charge in [-0.2, -0.15) is 0 Å². The number of hydrogen-bond acceptors (Lipinski definition) is 6. The highest BCUT2D eigenvalue weighted by molar-refractivity contribution is 8.10. The van der Waals surface area contributed by atoms with Crippen LogP contribution in [0.2, 0.25) is 0 Å². The van der Waals surface area contributed by atoms with Crippen LogP contribution in [-0.4, -0.2) is 61.2 Å². The maximum atomic E-state index is 5.51. The molecule has 2 saturated heterocycles. The smallest absolute Gasteiger partial charge is 0.158 e. The van der Waals surface area contributed by atoms with Gasteiger partial charge in [-0.25, -0.2) is 0 Å². The van der Waals surface area contributed by atoms with Gasteiger partial charge < -0.3 is 14.2 Å². The van der Waals surface area contributed by atoms with Crippen molar-refractivity contribution in [3.63, 3.8) is 0 Å². The van der Waals surface area contributed by atoms with E-state index >= 15 is 0 Å². The van der Waals surface area contributed by atoms with Crippen LogP contribution in [0.1, 0.15) is 12.8 Å². The second-order valence-electron chi connectivity index (χ2n) is 4.16. The Labute approximate surface area is 113 Å². The van der Waals surface area contributed by atoms with E-state index in [1.165, 1.54) is 0 Å². The van der Waals surface area contributed by atoms with Crippen molar-refractivity contribution in [3.8, 4) is 0 Å². The van der Waals surface area contributed by atoms with Gasteiger partial charge in [0.1, 0.15) is 0 Å². The third kappa shape index (κ3) is 4.96. The van der Waals surface area contributed by atoms with Crippen LogP contribution in [0.4, 0.5) is 0 Å². The van der Waals surface area contributed by atoms with Crippen molar-refractivity contribution in [2.45, 2.75) is 23.8 Å². The molecule has 0 saturated carbocycles. The molecule has 6 heteroatoms. The largest absolute Gasteiger partial charge is 0.379 e. The molecule has 0 spiro atoms. The molecule has 100 valence electrons. The van der Waals surface area contributed by atoms with Crippen LogP contribution in [-0.2, 0) is 14.2 Å². The number of thiol groups is 1. The van der Waals surface area contributed by atoms with E-state index in [1.807, 2.05) is 11.8 Å². The van der Waals surface area contributed by atoms with Crippen LogP contribution in [0.5, 0.6) is 0 Å². The van der Waals surface area contributed by atoms with E-state index in [0.717, 1.165) is 58.1 Å². The zero-order valence-electron chi connectivity index (χ0n) is 10.0. The first-order valence-electron chi connectivity index (χ1n) is 6.21. The van der Waals surface area contributed by atoms with Crippen molar-refractivity contribution in [2.75, 3.05) is 45.3 Å². The molecule has 1 unspecified atom stereocenters. The predicted octanol–water partition coefficient (Wildman–Crippen LogP) is 1.42. The van der Waals surface area contributed by atoms with Gasteiger partial charge in [0.25, 0.3) is 0 Å². The number of thioether (sulfide) groups is 1. The first kappa shape index (κ1) is 14.0. The Hall–Kier alpha value is 0.540. The molecular formula is C11H21NO3S2. The van der Waals surface area contributed by atoms with Crippen LogP contribution in [0.25, 0.3) is 0 Å². The van der Waals surface area contributed by atoms with E-state index in [9.17, 15) is 0 Å². The lowest BCUT2D eigenvalue weighted by Gasteiger charge is -2.31. The molecule has 0 aliphatic carbocycles. The third-order valence-corrected chi connectivity index (χ3v) is 4.72. The third-order valence-electron chi connectivity index (χ3n) is 2.87. The highest BCUT2D eigenvalue weighted by atomic mass is 32.2. The molecule has 0 radical (unpaired) electrons. The van der Waals surface area contributed by atoms with Crippen LogP contribution in [0, 0.1) is 0 Å². The molecule has 4 nitrogen and oxygen atoms in total. The van der Waals surface area contributed by atoms with E-state index in [4.69, 9.17) is 14.2 Å². The Bertz CT molecular complexity index is 209. The summed E-state index contributed by atoms with van der Waals surface area (Å²) in [7, 11) is 0.